The predicted octanol–water partition coefficient (Wildman–Crippen LogP) is 1.62. The maximum Gasteiger partial charge on any atom is 0.269 e. The number of non-ortho nitro benzene ring substituents is 1. The highest BCUT2D eigenvalue weighted by atomic mass is 16.6. The average molecular weight is 479 g/mol. The molecule has 11 heteroatoms. The van der Waals surface area contributed by atoms with Crippen molar-refractivity contribution in [2.24, 2.45) is 7.05 Å². The van der Waals surface area contributed by atoms with Gasteiger partial charge in [0.1, 0.15) is 11.3 Å². The fraction of sp³-hybridized carbons (Fsp3) is 0.292. The molecular formula is C24H25N5O6. The highest BCUT2D eigenvalue weighted by Gasteiger charge is 2.23. The number of rotatable bonds is 6. The number of aromatic hydroxyl groups is 1. The number of carbonyl (C=O) groups is 2. The Morgan fingerprint density at radius 3 is 2.37 bits per heavy atom. The van der Waals surface area contributed by atoms with Gasteiger partial charge in [-0.05, 0) is 24.3 Å². The lowest BCUT2D eigenvalue weighted by Gasteiger charge is -2.36. The van der Waals surface area contributed by atoms with Gasteiger partial charge >= 0.3 is 0 Å². The number of nitro groups is 1. The van der Waals surface area contributed by atoms with E-state index < -0.39 is 16.4 Å². The second-order valence-corrected chi connectivity index (χ2v) is 8.25. The van der Waals surface area contributed by atoms with E-state index in [1.54, 1.807) is 41.3 Å². The average Bonchev–Trinajstić information content (AvgIpc) is 2.87. The molecule has 1 aliphatic rings. The van der Waals surface area contributed by atoms with Gasteiger partial charge in [0.05, 0.1) is 10.4 Å². The molecule has 0 unspecified atom stereocenters. The fourth-order valence-corrected chi connectivity index (χ4v) is 4.21. The maximum absolute atomic E-state index is 12.6. The molecule has 182 valence electrons. The number of pyridine rings is 1. The molecule has 2 heterocycles. The standard InChI is InChI=1S/C24H25N5O6/c1-26-19-5-3-2-4-18(19)22(31)21(24(26)33)23(32)25-11-10-20(30)28-14-12-27(13-15-28)16-6-8-17(9-7-16)29(34)35/h2-9,31H,10-15H2,1H3,(H,25,32). The van der Waals surface area contributed by atoms with Crippen LogP contribution in [0.15, 0.2) is 53.3 Å². The quantitative estimate of drug-likeness (QED) is 0.405. The minimum absolute atomic E-state index is 0.0235. The Kier molecular flexibility index (Phi) is 6.67. The van der Waals surface area contributed by atoms with Crippen LogP contribution in [0.2, 0.25) is 0 Å². The van der Waals surface area contributed by atoms with E-state index in [1.807, 2.05) is 4.90 Å². The van der Waals surface area contributed by atoms with Gasteiger partial charge in [0.25, 0.3) is 17.2 Å². The van der Waals surface area contributed by atoms with Crippen molar-refractivity contribution in [2.75, 3.05) is 37.6 Å². The zero-order chi connectivity index (χ0) is 25.1. The highest BCUT2D eigenvalue weighted by Crippen LogP contribution is 2.25. The molecule has 0 bridgehead atoms. The van der Waals surface area contributed by atoms with Gasteiger partial charge in [-0.1, -0.05) is 12.1 Å². The molecule has 35 heavy (non-hydrogen) atoms. The van der Waals surface area contributed by atoms with Gasteiger partial charge in [-0.15, -0.1) is 0 Å². The second kappa shape index (κ2) is 9.84. The number of nitro benzene ring substituents is 1. The molecule has 3 aromatic rings. The van der Waals surface area contributed by atoms with Crippen molar-refractivity contribution in [3.63, 3.8) is 0 Å². The van der Waals surface area contributed by atoms with Crippen LogP contribution in [-0.4, -0.2) is 64.0 Å². The molecule has 11 nitrogen and oxygen atoms in total. The third-order valence-electron chi connectivity index (χ3n) is 6.19. The van der Waals surface area contributed by atoms with Crippen molar-refractivity contribution in [1.82, 2.24) is 14.8 Å². The largest absolute Gasteiger partial charge is 0.506 e. The number of nitrogens with one attached hydrogen (secondary N) is 1. The third-order valence-corrected chi connectivity index (χ3v) is 6.19. The summed E-state index contributed by atoms with van der Waals surface area (Å²) in [5.41, 5.74) is 0.420. The molecule has 1 fully saturated rings. The number of piperazine rings is 1. The minimum atomic E-state index is -0.732. The Labute approximate surface area is 200 Å². The molecular weight excluding hydrogens is 454 g/mol. The van der Waals surface area contributed by atoms with Crippen LogP contribution in [0.25, 0.3) is 10.9 Å². The van der Waals surface area contributed by atoms with Crippen molar-refractivity contribution in [1.29, 1.82) is 0 Å². The predicted molar refractivity (Wildman–Crippen MR) is 130 cm³/mol. The first-order valence-corrected chi connectivity index (χ1v) is 11.1. The second-order valence-electron chi connectivity index (χ2n) is 8.25. The normalized spacial score (nSPS) is 13.6. The van der Waals surface area contributed by atoms with Crippen molar-refractivity contribution >= 4 is 34.1 Å². The summed E-state index contributed by atoms with van der Waals surface area (Å²) in [7, 11) is 1.53. The summed E-state index contributed by atoms with van der Waals surface area (Å²) in [6, 6.07) is 13.0. The van der Waals surface area contributed by atoms with Gasteiger partial charge in [-0.2, -0.15) is 0 Å². The van der Waals surface area contributed by atoms with E-state index in [0.717, 1.165) is 5.69 Å². The Morgan fingerprint density at radius 1 is 1.06 bits per heavy atom. The lowest BCUT2D eigenvalue weighted by Crippen LogP contribution is -2.49. The number of hydrogen-bond acceptors (Lipinski definition) is 7. The number of benzene rings is 2. The van der Waals surface area contributed by atoms with Crippen molar-refractivity contribution < 1.29 is 19.6 Å². The molecule has 1 aliphatic heterocycles. The molecule has 0 saturated carbocycles. The minimum Gasteiger partial charge on any atom is -0.506 e. The van der Waals surface area contributed by atoms with Gasteiger partial charge in [-0.3, -0.25) is 24.5 Å². The molecule has 1 saturated heterocycles. The van der Waals surface area contributed by atoms with Gasteiger partial charge in [0.2, 0.25) is 5.91 Å². The van der Waals surface area contributed by atoms with Gasteiger partial charge < -0.3 is 24.8 Å². The molecule has 0 radical (unpaired) electrons. The number of anilines is 1. The van der Waals surface area contributed by atoms with E-state index in [4.69, 9.17) is 0 Å². The van der Waals surface area contributed by atoms with Crippen molar-refractivity contribution in [3.8, 4) is 5.75 Å². The van der Waals surface area contributed by atoms with Crippen LogP contribution in [0.1, 0.15) is 16.8 Å². The number of aromatic nitrogens is 1. The summed E-state index contributed by atoms with van der Waals surface area (Å²) in [5, 5.41) is 24.3. The monoisotopic (exact) mass is 479 g/mol. The number of hydrogen-bond donors (Lipinski definition) is 2. The maximum atomic E-state index is 12.6. The molecule has 2 amide bonds. The number of carbonyl (C=O) groups excluding carboxylic acids is 2. The van der Waals surface area contributed by atoms with Crippen molar-refractivity contribution in [2.45, 2.75) is 6.42 Å². The van der Waals surface area contributed by atoms with Gasteiger partial charge in [0, 0.05) is 69.4 Å². The van der Waals surface area contributed by atoms with E-state index in [9.17, 15) is 29.6 Å². The summed E-state index contributed by atoms with van der Waals surface area (Å²) < 4.78 is 1.31. The summed E-state index contributed by atoms with van der Waals surface area (Å²) in [6.45, 7) is 2.15. The first kappa shape index (κ1) is 23.7. The Hall–Kier alpha value is -4.41. The van der Waals surface area contributed by atoms with Crippen LogP contribution in [0.4, 0.5) is 11.4 Å². The Bertz CT molecular complexity index is 1340. The lowest BCUT2D eigenvalue weighted by atomic mass is 10.1. The van der Waals surface area contributed by atoms with Crippen LogP contribution >= 0.6 is 0 Å². The first-order valence-electron chi connectivity index (χ1n) is 11.1. The van der Waals surface area contributed by atoms with Crippen LogP contribution < -0.4 is 15.8 Å². The van der Waals surface area contributed by atoms with Crippen LogP contribution in [0.3, 0.4) is 0 Å². The Balaban J connectivity index is 1.31. The molecule has 4 rings (SSSR count). The summed E-state index contributed by atoms with van der Waals surface area (Å²) in [5.74, 6) is -1.25. The third kappa shape index (κ3) is 4.79. The zero-order valence-corrected chi connectivity index (χ0v) is 19.1. The van der Waals surface area contributed by atoms with Gasteiger partial charge in [0.15, 0.2) is 0 Å². The molecule has 2 N–H and O–H groups in total. The van der Waals surface area contributed by atoms with Crippen molar-refractivity contribution in [3.05, 3.63) is 74.6 Å². The molecule has 0 spiro atoms. The summed E-state index contributed by atoms with van der Waals surface area (Å²) in [6.07, 6.45) is 0.0535. The lowest BCUT2D eigenvalue weighted by molar-refractivity contribution is -0.384. The smallest absolute Gasteiger partial charge is 0.269 e. The number of para-hydroxylation sites is 1. The van der Waals surface area contributed by atoms with Crippen LogP contribution in [0, 0.1) is 10.1 Å². The first-order chi connectivity index (χ1) is 16.8. The highest BCUT2D eigenvalue weighted by molar-refractivity contribution is 6.02. The zero-order valence-electron chi connectivity index (χ0n) is 19.1. The molecule has 2 aromatic carbocycles. The molecule has 1 aromatic heterocycles. The van der Waals surface area contributed by atoms with E-state index in [2.05, 4.69) is 5.32 Å². The van der Waals surface area contributed by atoms with E-state index in [1.165, 1.54) is 23.7 Å². The fourth-order valence-electron chi connectivity index (χ4n) is 4.21. The number of amides is 2. The van der Waals surface area contributed by atoms with Crippen LogP contribution in [0.5, 0.6) is 5.75 Å². The van der Waals surface area contributed by atoms with E-state index >= 15 is 0 Å². The summed E-state index contributed by atoms with van der Waals surface area (Å²) in [4.78, 5) is 52.0. The number of aryl methyl sites for hydroxylation is 1. The van der Waals surface area contributed by atoms with E-state index in [0.29, 0.717) is 37.1 Å². The topological polar surface area (TPSA) is 138 Å². The Morgan fingerprint density at radius 2 is 1.71 bits per heavy atom. The number of nitrogens with zero attached hydrogens (tertiary/aromatic N) is 4. The molecule has 0 atom stereocenters. The summed E-state index contributed by atoms with van der Waals surface area (Å²) >= 11 is 0. The van der Waals surface area contributed by atoms with E-state index in [-0.39, 0.29) is 35.9 Å². The SMILES string of the molecule is Cn1c(=O)c(C(=O)NCCC(=O)N2CCN(c3ccc([N+](=O)[O-])cc3)CC2)c(O)c2ccccc21. The van der Waals surface area contributed by atoms with Crippen LogP contribution in [-0.2, 0) is 11.8 Å². The number of fused-ring (bicyclic) bond motifs is 1. The molecule has 0 aliphatic carbocycles. The van der Waals surface area contributed by atoms with Gasteiger partial charge in [-0.25, -0.2) is 0 Å².